The highest BCUT2D eigenvalue weighted by Crippen LogP contribution is 2.45. The van der Waals surface area contributed by atoms with E-state index in [1.54, 1.807) is 23.1 Å². The molecule has 1 saturated heterocycles. The molecule has 0 radical (unpaired) electrons. The van der Waals surface area contributed by atoms with Gasteiger partial charge in [-0.3, -0.25) is 4.68 Å². The van der Waals surface area contributed by atoms with Gasteiger partial charge in [-0.2, -0.15) is 5.10 Å². The van der Waals surface area contributed by atoms with Crippen molar-refractivity contribution >= 4 is 39.1 Å². The zero-order chi connectivity index (χ0) is 14.3. The Kier molecular flexibility index (Phi) is 3.79. The predicted octanol–water partition coefficient (Wildman–Crippen LogP) is 3.55. The summed E-state index contributed by atoms with van der Waals surface area (Å²) in [6.45, 7) is 0.581. The molecule has 1 aromatic carbocycles. The maximum atomic E-state index is 6.36. The Bertz CT molecular complexity index is 648. The third-order valence-corrected chi connectivity index (χ3v) is 4.48. The first-order valence-electron chi connectivity index (χ1n) is 6.11. The summed E-state index contributed by atoms with van der Waals surface area (Å²) in [5.41, 5.74) is 0.119. The van der Waals surface area contributed by atoms with Crippen LogP contribution in [0.15, 0.2) is 24.5 Å². The number of ether oxygens (including phenoxy) is 1. The molecule has 2 atom stereocenters. The average Bonchev–Trinajstić information content (AvgIpc) is 2.97. The van der Waals surface area contributed by atoms with E-state index in [0.717, 1.165) is 12.0 Å². The van der Waals surface area contributed by atoms with Gasteiger partial charge in [-0.25, -0.2) is 4.98 Å². The number of hydrogen-bond donors (Lipinski definition) is 0. The molecule has 0 saturated carbocycles. The number of rotatable bonds is 2. The lowest BCUT2D eigenvalue weighted by Crippen LogP contribution is -2.29. The number of halogens is 3. The Morgan fingerprint density at radius 2 is 2.25 bits per heavy atom. The zero-order valence-electron chi connectivity index (χ0n) is 10.7. The summed E-state index contributed by atoms with van der Waals surface area (Å²) in [7, 11) is 1.83. The summed E-state index contributed by atoms with van der Waals surface area (Å²) < 4.78 is 7.70. The van der Waals surface area contributed by atoms with Crippen LogP contribution in [0.4, 0.5) is 0 Å². The molecule has 1 fully saturated rings. The number of aryl methyl sites for hydroxylation is 1. The Balaban J connectivity index is 2.16. The Morgan fingerprint density at radius 1 is 1.45 bits per heavy atom. The third-order valence-electron chi connectivity index (χ3n) is 3.35. The first-order chi connectivity index (χ1) is 9.51. The Morgan fingerprint density at radius 3 is 2.80 bits per heavy atom. The van der Waals surface area contributed by atoms with Crippen molar-refractivity contribution in [2.24, 2.45) is 7.05 Å². The lowest BCUT2D eigenvalue weighted by atomic mass is 9.90. The molecule has 2 unspecified atom stereocenters. The van der Waals surface area contributed by atoms with Gasteiger partial charge < -0.3 is 4.74 Å². The highest BCUT2D eigenvalue weighted by Gasteiger charge is 2.47. The third kappa shape index (κ3) is 2.37. The normalized spacial score (nSPS) is 26.1. The molecular weight excluding hydrogens is 365 g/mol. The molecule has 3 rings (SSSR count). The van der Waals surface area contributed by atoms with E-state index in [1.807, 2.05) is 13.1 Å². The molecule has 0 bridgehead atoms. The van der Waals surface area contributed by atoms with Gasteiger partial charge in [-0.15, -0.1) is 0 Å². The molecule has 1 aromatic heterocycles. The molecule has 2 heterocycles. The minimum absolute atomic E-state index is 0.234. The largest absolute Gasteiger partial charge is 0.361 e. The molecule has 106 valence electrons. The van der Waals surface area contributed by atoms with E-state index < -0.39 is 5.60 Å². The molecule has 0 N–H and O–H groups in total. The maximum absolute atomic E-state index is 6.36. The molecule has 0 amide bonds. The molecule has 1 aliphatic rings. The SMILES string of the molecule is Cn1cnc(C2(c3ccc(Cl)cc3Cl)CC(Br)CO2)n1. The van der Waals surface area contributed by atoms with E-state index >= 15 is 0 Å². The van der Waals surface area contributed by atoms with Crippen molar-refractivity contribution in [2.45, 2.75) is 16.8 Å². The monoisotopic (exact) mass is 375 g/mol. The highest BCUT2D eigenvalue weighted by atomic mass is 79.9. The van der Waals surface area contributed by atoms with Gasteiger partial charge in [0, 0.05) is 33.9 Å². The molecule has 1 aliphatic heterocycles. The lowest BCUT2D eigenvalue weighted by molar-refractivity contribution is 0.0288. The van der Waals surface area contributed by atoms with Gasteiger partial charge in [0.2, 0.25) is 0 Å². The quantitative estimate of drug-likeness (QED) is 0.752. The second kappa shape index (κ2) is 5.30. The molecular formula is C13H12BrCl2N3O. The lowest BCUT2D eigenvalue weighted by Gasteiger charge is -2.26. The predicted molar refractivity (Wildman–Crippen MR) is 81.5 cm³/mol. The van der Waals surface area contributed by atoms with Gasteiger partial charge >= 0.3 is 0 Å². The fourth-order valence-electron chi connectivity index (χ4n) is 2.47. The van der Waals surface area contributed by atoms with Gasteiger partial charge in [0.25, 0.3) is 0 Å². The van der Waals surface area contributed by atoms with E-state index in [4.69, 9.17) is 27.9 Å². The summed E-state index contributed by atoms with van der Waals surface area (Å²) in [5, 5.41) is 5.56. The van der Waals surface area contributed by atoms with Gasteiger partial charge in [0.1, 0.15) is 6.33 Å². The number of benzene rings is 1. The topological polar surface area (TPSA) is 39.9 Å². The molecule has 0 spiro atoms. The van der Waals surface area contributed by atoms with Crippen molar-refractivity contribution in [2.75, 3.05) is 6.61 Å². The number of alkyl halides is 1. The van der Waals surface area contributed by atoms with Crippen LogP contribution >= 0.6 is 39.1 Å². The summed E-state index contributed by atoms with van der Waals surface area (Å²) in [6, 6.07) is 5.40. The first kappa shape index (κ1) is 14.3. The van der Waals surface area contributed by atoms with Crippen LogP contribution in [0, 0.1) is 0 Å². The second-order valence-electron chi connectivity index (χ2n) is 4.81. The Hall–Kier alpha value is -0.620. The van der Waals surface area contributed by atoms with Crippen molar-refractivity contribution in [3.63, 3.8) is 0 Å². The number of hydrogen-bond acceptors (Lipinski definition) is 3. The van der Waals surface area contributed by atoms with Crippen molar-refractivity contribution in [3.8, 4) is 0 Å². The minimum Gasteiger partial charge on any atom is -0.361 e. The van der Waals surface area contributed by atoms with E-state index in [1.165, 1.54) is 0 Å². The van der Waals surface area contributed by atoms with Gasteiger partial charge in [-0.05, 0) is 12.1 Å². The minimum atomic E-state index is -0.725. The Labute approximate surface area is 135 Å². The molecule has 7 heteroatoms. The molecule has 2 aromatic rings. The fraction of sp³-hybridized carbons (Fsp3) is 0.385. The fourth-order valence-corrected chi connectivity index (χ4v) is 3.62. The zero-order valence-corrected chi connectivity index (χ0v) is 13.8. The van der Waals surface area contributed by atoms with Crippen LogP contribution in [0.3, 0.4) is 0 Å². The van der Waals surface area contributed by atoms with Gasteiger partial charge in [0.05, 0.1) is 6.61 Å². The van der Waals surface area contributed by atoms with Crippen molar-refractivity contribution in [1.29, 1.82) is 0 Å². The second-order valence-corrected chi connectivity index (χ2v) is 6.94. The number of aromatic nitrogens is 3. The van der Waals surface area contributed by atoms with E-state index in [9.17, 15) is 0 Å². The van der Waals surface area contributed by atoms with Crippen LogP contribution in [0.2, 0.25) is 10.0 Å². The first-order valence-corrected chi connectivity index (χ1v) is 7.78. The van der Waals surface area contributed by atoms with Crippen LogP contribution in [0.5, 0.6) is 0 Å². The van der Waals surface area contributed by atoms with Crippen LogP contribution in [-0.2, 0) is 17.4 Å². The highest BCUT2D eigenvalue weighted by molar-refractivity contribution is 9.09. The number of nitrogens with zero attached hydrogens (tertiary/aromatic N) is 3. The summed E-state index contributed by atoms with van der Waals surface area (Å²) in [6.07, 6.45) is 2.38. The van der Waals surface area contributed by atoms with Crippen LogP contribution < -0.4 is 0 Å². The van der Waals surface area contributed by atoms with E-state index in [-0.39, 0.29) is 4.83 Å². The maximum Gasteiger partial charge on any atom is 0.187 e. The van der Waals surface area contributed by atoms with Crippen molar-refractivity contribution in [3.05, 3.63) is 46.0 Å². The molecule has 0 aliphatic carbocycles. The van der Waals surface area contributed by atoms with E-state index in [2.05, 4.69) is 26.0 Å². The van der Waals surface area contributed by atoms with Crippen LogP contribution in [0.1, 0.15) is 17.8 Å². The van der Waals surface area contributed by atoms with Crippen molar-refractivity contribution < 1.29 is 4.74 Å². The molecule has 4 nitrogen and oxygen atoms in total. The molecule has 20 heavy (non-hydrogen) atoms. The smallest absolute Gasteiger partial charge is 0.187 e. The van der Waals surface area contributed by atoms with Gasteiger partial charge in [-0.1, -0.05) is 45.2 Å². The summed E-state index contributed by atoms with van der Waals surface area (Å²) in [4.78, 5) is 4.59. The van der Waals surface area contributed by atoms with Crippen molar-refractivity contribution in [1.82, 2.24) is 14.8 Å². The average molecular weight is 377 g/mol. The standard InChI is InChI=1S/C13H12BrCl2N3O/c1-19-7-17-12(18-19)13(5-8(14)6-20-13)10-3-2-9(15)4-11(10)16/h2-4,7-8H,5-6H2,1H3. The van der Waals surface area contributed by atoms with Crippen LogP contribution in [-0.4, -0.2) is 26.2 Å². The van der Waals surface area contributed by atoms with Crippen LogP contribution in [0.25, 0.3) is 0 Å². The van der Waals surface area contributed by atoms with Gasteiger partial charge in [0.15, 0.2) is 11.4 Å². The van der Waals surface area contributed by atoms with E-state index in [0.29, 0.717) is 22.5 Å². The summed E-state index contributed by atoms with van der Waals surface area (Å²) in [5.74, 6) is 0.617. The summed E-state index contributed by atoms with van der Waals surface area (Å²) >= 11 is 15.9.